The number of urea groups is 1. The number of hydrogen-bond donors (Lipinski definition) is 3. The number of rotatable bonds is 5. The van der Waals surface area contributed by atoms with Gasteiger partial charge in [0, 0.05) is 15.8 Å². The van der Waals surface area contributed by atoms with Crippen LogP contribution in [-0.4, -0.2) is 27.2 Å². The van der Waals surface area contributed by atoms with Crippen molar-refractivity contribution in [3.05, 3.63) is 33.2 Å². The van der Waals surface area contributed by atoms with Crippen molar-refractivity contribution < 1.29 is 9.59 Å². The molecule has 4 N–H and O–H groups in total. The lowest BCUT2D eigenvalue weighted by Crippen LogP contribution is -2.42. The first-order valence-electron chi connectivity index (χ1n) is 7.69. The van der Waals surface area contributed by atoms with Gasteiger partial charge in [-0.3, -0.25) is 14.9 Å². The summed E-state index contributed by atoms with van der Waals surface area (Å²) < 4.78 is 0. The summed E-state index contributed by atoms with van der Waals surface area (Å²) >= 11 is 4.04. The van der Waals surface area contributed by atoms with Gasteiger partial charge in [0.2, 0.25) is 5.91 Å². The third kappa shape index (κ3) is 3.81. The maximum Gasteiger partial charge on any atom is 0.318 e. The molecular formula is C16H16N4O3S3. The highest BCUT2D eigenvalue weighted by atomic mass is 32.2. The van der Waals surface area contributed by atoms with Crippen LogP contribution in [-0.2, 0) is 4.79 Å². The molecule has 10 heteroatoms. The molecule has 3 rings (SSSR count). The zero-order valence-corrected chi connectivity index (χ0v) is 16.4. The number of aromatic nitrogens is 2. The Morgan fingerprint density at radius 2 is 2.12 bits per heavy atom. The van der Waals surface area contributed by atoms with Gasteiger partial charge in [-0.05, 0) is 17.4 Å². The summed E-state index contributed by atoms with van der Waals surface area (Å²) in [6, 6.07) is 2.98. The van der Waals surface area contributed by atoms with Crippen molar-refractivity contribution in [3.63, 3.8) is 0 Å². The SMILES string of the molecule is CC(C)[C@H](Sc1nc2scc(-c3cccs3)c2c(=O)[nH]1)C(=O)NC(N)=O. The van der Waals surface area contributed by atoms with E-state index in [2.05, 4.69) is 15.3 Å². The molecular weight excluding hydrogens is 392 g/mol. The highest BCUT2D eigenvalue weighted by molar-refractivity contribution is 8.00. The van der Waals surface area contributed by atoms with Crippen LogP contribution in [0.2, 0.25) is 0 Å². The van der Waals surface area contributed by atoms with Gasteiger partial charge in [-0.1, -0.05) is 31.7 Å². The predicted octanol–water partition coefficient (Wildman–Crippen LogP) is 3.02. The first-order valence-corrected chi connectivity index (χ1v) is 10.3. The molecule has 0 radical (unpaired) electrons. The van der Waals surface area contributed by atoms with Crippen molar-refractivity contribution in [3.8, 4) is 10.4 Å². The number of H-pyrrole nitrogens is 1. The van der Waals surface area contributed by atoms with Crippen LogP contribution < -0.4 is 16.6 Å². The first-order chi connectivity index (χ1) is 12.4. The van der Waals surface area contributed by atoms with Crippen molar-refractivity contribution >= 4 is 56.6 Å². The van der Waals surface area contributed by atoms with E-state index >= 15 is 0 Å². The van der Waals surface area contributed by atoms with Crippen LogP contribution in [0.5, 0.6) is 0 Å². The molecule has 0 bridgehead atoms. The number of aromatic amines is 1. The summed E-state index contributed by atoms with van der Waals surface area (Å²) in [5.41, 5.74) is 5.63. The van der Waals surface area contributed by atoms with Gasteiger partial charge in [-0.15, -0.1) is 22.7 Å². The fourth-order valence-electron chi connectivity index (χ4n) is 2.40. The van der Waals surface area contributed by atoms with E-state index in [0.29, 0.717) is 15.4 Å². The number of nitrogens with two attached hydrogens (primary N) is 1. The zero-order valence-electron chi connectivity index (χ0n) is 13.9. The van der Waals surface area contributed by atoms with Crippen LogP contribution in [0.1, 0.15) is 13.8 Å². The largest absolute Gasteiger partial charge is 0.351 e. The number of thioether (sulfide) groups is 1. The lowest BCUT2D eigenvalue weighted by molar-refractivity contribution is -0.120. The number of nitrogens with one attached hydrogen (secondary N) is 2. The van der Waals surface area contributed by atoms with E-state index in [1.807, 2.05) is 36.7 Å². The average Bonchev–Trinajstić information content (AvgIpc) is 3.20. The molecule has 3 amide bonds. The highest BCUT2D eigenvalue weighted by Gasteiger charge is 2.26. The number of nitrogens with zero attached hydrogens (tertiary/aromatic N) is 1. The Morgan fingerprint density at radius 3 is 2.73 bits per heavy atom. The second-order valence-electron chi connectivity index (χ2n) is 5.81. The number of thiophene rings is 2. The maximum atomic E-state index is 12.6. The van der Waals surface area contributed by atoms with Crippen molar-refractivity contribution in [2.75, 3.05) is 0 Å². The summed E-state index contributed by atoms with van der Waals surface area (Å²) in [6.45, 7) is 3.68. The molecule has 7 nitrogen and oxygen atoms in total. The topological polar surface area (TPSA) is 118 Å². The van der Waals surface area contributed by atoms with Crippen LogP contribution >= 0.6 is 34.4 Å². The molecule has 0 aliphatic rings. The minimum Gasteiger partial charge on any atom is -0.351 e. The quantitative estimate of drug-likeness (QED) is 0.443. The molecule has 0 aliphatic heterocycles. The Bertz CT molecular complexity index is 1010. The molecule has 0 aromatic carbocycles. The molecule has 0 unspecified atom stereocenters. The number of imide groups is 1. The van der Waals surface area contributed by atoms with Crippen LogP contribution in [0, 0.1) is 5.92 Å². The van der Waals surface area contributed by atoms with Crippen LogP contribution in [0.3, 0.4) is 0 Å². The number of hydrogen-bond acceptors (Lipinski definition) is 7. The van der Waals surface area contributed by atoms with Gasteiger partial charge in [0.05, 0.1) is 10.6 Å². The van der Waals surface area contributed by atoms with Gasteiger partial charge < -0.3 is 10.7 Å². The fourth-order valence-corrected chi connectivity index (χ4v) is 5.20. The minimum atomic E-state index is -0.906. The average molecular weight is 409 g/mol. The summed E-state index contributed by atoms with van der Waals surface area (Å²) in [5, 5.41) is 6.21. The molecule has 1 atom stereocenters. The van der Waals surface area contributed by atoms with Gasteiger partial charge in [0.25, 0.3) is 5.56 Å². The van der Waals surface area contributed by atoms with E-state index in [9.17, 15) is 14.4 Å². The van der Waals surface area contributed by atoms with Gasteiger partial charge in [-0.2, -0.15) is 0 Å². The second kappa shape index (κ2) is 7.60. The fraction of sp³-hybridized carbons (Fsp3) is 0.250. The van der Waals surface area contributed by atoms with E-state index in [1.165, 1.54) is 11.3 Å². The lowest BCUT2D eigenvalue weighted by atomic mass is 10.1. The molecule has 0 fully saturated rings. The minimum absolute atomic E-state index is 0.0923. The molecule has 0 aliphatic carbocycles. The van der Waals surface area contributed by atoms with Gasteiger partial charge >= 0.3 is 6.03 Å². The van der Waals surface area contributed by atoms with Crippen molar-refractivity contribution in [1.29, 1.82) is 0 Å². The summed E-state index contributed by atoms with van der Waals surface area (Å²) in [6.07, 6.45) is 0. The van der Waals surface area contributed by atoms with Crippen LogP contribution in [0.4, 0.5) is 4.79 Å². The number of primary amides is 1. The standard InChI is InChI=1S/C16H16N4O3S3/c1-7(2)11(13(22)18-15(17)23)26-16-19-12(21)10-8(6-25-14(10)20-16)9-4-3-5-24-9/h3-7,11H,1-2H3,(H,19,20,21)(H3,17,18,22,23)/t11-/m0/s1. The summed E-state index contributed by atoms with van der Waals surface area (Å²) in [5.74, 6) is -0.601. The Hall–Kier alpha value is -2.17. The molecule has 3 aromatic heterocycles. The molecule has 26 heavy (non-hydrogen) atoms. The van der Waals surface area contributed by atoms with Gasteiger partial charge in [0.1, 0.15) is 4.83 Å². The van der Waals surface area contributed by atoms with E-state index in [-0.39, 0.29) is 11.5 Å². The Balaban J connectivity index is 1.95. The predicted molar refractivity (Wildman–Crippen MR) is 106 cm³/mol. The van der Waals surface area contributed by atoms with Gasteiger partial charge in [0.15, 0.2) is 5.16 Å². The molecule has 3 heterocycles. The summed E-state index contributed by atoms with van der Waals surface area (Å²) in [7, 11) is 0. The third-order valence-corrected chi connectivity index (χ3v) is 6.76. The molecule has 0 spiro atoms. The smallest absolute Gasteiger partial charge is 0.318 e. The van der Waals surface area contributed by atoms with E-state index in [1.54, 1.807) is 11.3 Å². The molecule has 0 saturated heterocycles. The Morgan fingerprint density at radius 1 is 1.35 bits per heavy atom. The molecule has 0 saturated carbocycles. The molecule has 136 valence electrons. The van der Waals surface area contributed by atoms with Gasteiger partial charge in [-0.25, -0.2) is 9.78 Å². The monoisotopic (exact) mass is 408 g/mol. The third-order valence-electron chi connectivity index (χ3n) is 3.56. The van der Waals surface area contributed by atoms with Crippen molar-refractivity contribution in [2.24, 2.45) is 11.7 Å². The Labute approximate surface area is 161 Å². The first kappa shape index (κ1) is 18.6. The van der Waals surface area contributed by atoms with E-state index in [4.69, 9.17) is 5.73 Å². The highest BCUT2D eigenvalue weighted by Crippen LogP contribution is 2.34. The maximum absolute atomic E-state index is 12.6. The van der Waals surface area contributed by atoms with E-state index < -0.39 is 17.2 Å². The van der Waals surface area contributed by atoms with Crippen molar-refractivity contribution in [2.45, 2.75) is 24.3 Å². The number of fused-ring (bicyclic) bond motifs is 1. The normalized spacial score (nSPS) is 12.4. The number of carbonyl (C=O) groups excluding carboxylic acids is 2. The summed E-state index contributed by atoms with van der Waals surface area (Å²) in [4.78, 5) is 44.5. The Kier molecular flexibility index (Phi) is 5.44. The lowest BCUT2D eigenvalue weighted by Gasteiger charge is -2.17. The van der Waals surface area contributed by atoms with Crippen molar-refractivity contribution in [1.82, 2.24) is 15.3 Å². The zero-order chi connectivity index (χ0) is 18.8. The van der Waals surface area contributed by atoms with Crippen LogP contribution in [0.25, 0.3) is 20.7 Å². The number of carbonyl (C=O) groups is 2. The van der Waals surface area contributed by atoms with E-state index in [0.717, 1.165) is 22.2 Å². The number of amides is 3. The second-order valence-corrected chi connectivity index (χ2v) is 8.75. The van der Waals surface area contributed by atoms with Crippen LogP contribution in [0.15, 0.2) is 32.8 Å². The molecule has 3 aromatic rings.